The lowest BCUT2D eigenvalue weighted by atomic mass is 10.1. The van der Waals surface area contributed by atoms with Crippen molar-refractivity contribution in [2.24, 2.45) is 0 Å². The van der Waals surface area contributed by atoms with Crippen LogP contribution in [0.3, 0.4) is 0 Å². The van der Waals surface area contributed by atoms with E-state index in [-0.39, 0.29) is 11.4 Å². The van der Waals surface area contributed by atoms with Gasteiger partial charge in [-0.2, -0.15) is 0 Å². The number of benzene rings is 2. The normalized spacial score (nSPS) is 11.7. The lowest BCUT2D eigenvalue weighted by molar-refractivity contribution is 0.580. The Morgan fingerprint density at radius 3 is 2.59 bits per heavy atom. The van der Waals surface area contributed by atoms with Crippen molar-refractivity contribution in [1.82, 2.24) is 9.71 Å². The van der Waals surface area contributed by atoms with E-state index in [1.807, 2.05) is 32.0 Å². The predicted molar refractivity (Wildman–Crippen MR) is 107 cm³/mol. The Morgan fingerprint density at radius 1 is 1.11 bits per heavy atom. The van der Waals surface area contributed by atoms with E-state index in [0.717, 1.165) is 27.2 Å². The molecule has 0 unspecified atom stereocenters. The van der Waals surface area contributed by atoms with E-state index in [4.69, 9.17) is 0 Å². The average Bonchev–Trinajstić information content (AvgIpc) is 2.95. The average molecular weight is 405 g/mol. The van der Waals surface area contributed by atoms with Gasteiger partial charge in [-0.1, -0.05) is 23.8 Å². The zero-order chi connectivity index (χ0) is 19.6. The fourth-order valence-corrected chi connectivity index (χ4v) is 5.17. The lowest BCUT2D eigenvalue weighted by Crippen LogP contribution is -2.26. The summed E-state index contributed by atoms with van der Waals surface area (Å²) >= 11 is 1.58. The summed E-state index contributed by atoms with van der Waals surface area (Å²) in [6.45, 7) is 5.81. The van der Waals surface area contributed by atoms with Gasteiger partial charge in [0.2, 0.25) is 10.0 Å². The third-order valence-corrected chi connectivity index (χ3v) is 7.12. The largest absolute Gasteiger partial charge is 0.241 e. The van der Waals surface area contributed by atoms with Crippen LogP contribution in [-0.2, 0) is 16.4 Å². The van der Waals surface area contributed by atoms with Gasteiger partial charge in [-0.25, -0.2) is 22.5 Å². The number of halogens is 1. The molecule has 0 radical (unpaired) electrons. The standard InChI is InChI=1S/C20H21FN2O2S2/c1-13-5-4-6-16(11-13)20-23-15(3)18(26-20)9-10-22-27(24,25)19-8-7-17(21)12-14(19)2/h4-8,11-12,22H,9-10H2,1-3H3. The smallest absolute Gasteiger partial charge is 0.240 e. The van der Waals surface area contributed by atoms with Crippen molar-refractivity contribution in [1.29, 1.82) is 0 Å². The van der Waals surface area contributed by atoms with Gasteiger partial charge in [0, 0.05) is 17.0 Å². The number of nitrogens with zero attached hydrogens (tertiary/aromatic N) is 1. The van der Waals surface area contributed by atoms with Gasteiger partial charge < -0.3 is 0 Å². The topological polar surface area (TPSA) is 59.1 Å². The fourth-order valence-electron chi connectivity index (χ4n) is 2.85. The summed E-state index contributed by atoms with van der Waals surface area (Å²) in [5.74, 6) is -0.449. The molecule has 142 valence electrons. The Kier molecular flexibility index (Phi) is 5.74. The number of nitrogens with one attached hydrogen (secondary N) is 1. The van der Waals surface area contributed by atoms with Crippen molar-refractivity contribution >= 4 is 21.4 Å². The molecular weight excluding hydrogens is 383 g/mol. The SMILES string of the molecule is Cc1cccc(-c2nc(C)c(CCNS(=O)(=O)c3ccc(F)cc3C)s2)c1. The second kappa shape index (κ2) is 7.88. The molecule has 0 aliphatic carbocycles. The van der Waals surface area contributed by atoms with E-state index >= 15 is 0 Å². The molecule has 27 heavy (non-hydrogen) atoms. The summed E-state index contributed by atoms with van der Waals surface area (Å²) in [5, 5.41) is 0.934. The highest BCUT2D eigenvalue weighted by Crippen LogP contribution is 2.28. The van der Waals surface area contributed by atoms with Gasteiger partial charge in [-0.3, -0.25) is 0 Å². The highest BCUT2D eigenvalue weighted by Gasteiger charge is 2.17. The number of hydrogen-bond donors (Lipinski definition) is 1. The monoisotopic (exact) mass is 404 g/mol. The van der Waals surface area contributed by atoms with Gasteiger partial charge in [0.15, 0.2) is 0 Å². The first-order chi connectivity index (χ1) is 12.8. The molecule has 3 rings (SSSR count). The zero-order valence-electron chi connectivity index (χ0n) is 15.4. The van der Waals surface area contributed by atoms with Crippen LogP contribution in [0.5, 0.6) is 0 Å². The molecule has 0 spiro atoms. The minimum atomic E-state index is -3.67. The number of sulfonamides is 1. The molecule has 0 amide bonds. The molecule has 1 heterocycles. The van der Waals surface area contributed by atoms with Gasteiger partial charge in [-0.05, 0) is 57.0 Å². The molecule has 0 fully saturated rings. The quantitative estimate of drug-likeness (QED) is 0.663. The highest BCUT2D eigenvalue weighted by molar-refractivity contribution is 7.89. The lowest BCUT2D eigenvalue weighted by Gasteiger charge is -2.09. The second-order valence-corrected chi connectivity index (χ2v) is 9.27. The van der Waals surface area contributed by atoms with E-state index in [0.29, 0.717) is 12.0 Å². The molecule has 2 aromatic carbocycles. The van der Waals surface area contributed by atoms with Gasteiger partial charge in [-0.15, -0.1) is 11.3 Å². The Bertz CT molecular complexity index is 1080. The zero-order valence-corrected chi connectivity index (χ0v) is 17.0. The van der Waals surface area contributed by atoms with Crippen molar-refractivity contribution in [2.75, 3.05) is 6.54 Å². The van der Waals surface area contributed by atoms with Gasteiger partial charge in [0.1, 0.15) is 10.8 Å². The van der Waals surface area contributed by atoms with E-state index in [1.165, 1.54) is 17.7 Å². The Balaban J connectivity index is 1.70. The van der Waals surface area contributed by atoms with Crippen LogP contribution < -0.4 is 4.72 Å². The van der Waals surface area contributed by atoms with Crippen LogP contribution in [0.1, 0.15) is 21.7 Å². The predicted octanol–water partition coefficient (Wildman–Crippen LogP) is 4.40. The molecule has 0 atom stereocenters. The summed E-state index contributed by atoms with van der Waals surface area (Å²) in [6.07, 6.45) is 0.550. The summed E-state index contributed by atoms with van der Waals surface area (Å²) < 4.78 is 40.7. The van der Waals surface area contributed by atoms with E-state index in [1.54, 1.807) is 18.3 Å². The van der Waals surface area contributed by atoms with Crippen LogP contribution in [0.15, 0.2) is 47.4 Å². The van der Waals surface area contributed by atoms with Crippen LogP contribution in [-0.4, -0.2) is 19.9 Å². The van der Waals surface area contributed by atoms with Crippen molar-refractivity contribution in [3.8, 4) is 10.6 Å². The summed E-state index contributed by atoms with van der Waals surface area (Å²) in [4.78, 5) is 5.77. The Morgan fingerprint density at radius 2 is 1.89 bits per heavy atom. The van der Waals surface area contributed by atoms with Crippen LogP contribution in [0, 0.1) is 26.6 Å². The third-order valence-electron chi connectivity index (χ3n) is 4.23. The van der Waals surface area contributed by atoms with Gasteiger partial charge >= 0.3 is 0 Å². The van der Waals surface area contributed by atoms with Crippen molar-refractivity contribution in [3.05, 3.63) is 70.0 Å². The fraction of sp³-hybridized carbons (Fsp3) is 0.250. The summed E-state index contributed by atoms with van der Waals surface area (Å²) in [6, 6.07) is 11.8. The molecule has 0 saturated carbocycles. The van der Waals surface area contributed by atoms with Crippen LogP contribution in [0.4, 0.5) is 4.39 Å². The first-order valence-electron chi connectivity index (χ1n) is 8.55. The molecule has 4 nitrogen and oxygen atoms in total. The van der Waals surface area contributed by atoms with Gasteiger partial charge in [0.25, 0.3) is 0 Å². The van der Waals surface area contributed by atoms with Crippen molar-refractivity contribution in [3.63, 3.8) is 0 Å². The third kappa shape index (κ3) is 4.61. The number of thiazole rings is 1. The molecule has 0 bridgehead atoms. The van der Waals surface area contributed by atoms with Crippen LogP contribution in [0.25, 0.3) is 10.6 Å². The molecule has 1 N–H and O–H groups in total. The van der Waals surface area contributed by atoms with E-state index in [2.05, 4.69) is 15.8 Å². The molecule has 0 aliphatic heterocycles. The van der Waals surface area contributed by atoms with E-state index in [9.17, 15) is 12.8 Å². The molecule has 0 aliphatic rings. The first kappa shape index (κ1) is 19.7. The van der Waals surface area contributed by atoms with Gasteiger partial charge in [0.05, 0.1) is 10.6 Å². The maximum Gasteiger partial charge on any atom is 0.240 e. The minimum absolute atomic E-state index is 0.102. The molecule has 0 saturated heterocycles. The number of aryl methyl sites for hydroxylation is 3. The number of aromatic nitrogens is 1. The number of hydrogen-bond acceptors (Lipinski definition) is 4. The first-order valence-corrected chi connectivity index (χ1v) is 10.9. The molecule has 1 aromatic heterocycles. The summed E-state index contributed by atoms with van der Waals surface area (Å²) in [5.41, 5.74) is 3.54. The van der Waals surface area contributed by atoms with Crippen LogP contribution >= 0.6 is 11.3 Å². The summed E-state index contributed by atoms with van der Waals surface area (Å²) in [7, 11) is -3.67. The molecular formula is C20H21FN2O2S2. The maximum atomic E-state index is 13.2. The van der Waals surface area contributed by atoms with Crippen LogP contribution in [0.2, 0.25) is 0 Å². The number of rotatable bonds is 6. The maximum absolute atomic E-state index is 13.2. The minimum Gasteiger partial charge on any atom is -0.241 e. The Hall–Kier alpha value is -2.09. The molecule has 3 aromatic rings. The van der Waals surface area contributed by atoms with Crippen molar-refractivity contribution in [2.45, 2.75) is 32.1 Å². The van der Waals surface area contributed by atoms with E-state index < -0.39 is 15.8 Å². The Labute approximate surface area is 163 Å². The van der Waals surface area contributed by atoms with Crippen molar-refractivity contribution < 1.29 is 12.8 Å². The second-order valence-electron chi connectivity index (χ2n) is 6.45. The molecule has 7 heteroatoms. The highest BCUT2D eigenvalue weighted by atomic mass is 32.2.